The van der Waals surface area contributed by atoms with E-state index in [1.807, 2.05) is 14.1 Å². The molecule has 0 aliphatic rings. The van der Waals surface area contributed by atoms with Crippen molar-refractivity contribution in [2.24, 2.45) is 5.41 Å². The maximum atomic E-state index is 11.9. The van der Waals surface area contributed by atoms with Gasteiger partial charge in [-0.3, -0.25) is 9.59 Å². The summed E-state index contributed by atoms with van der Waals surface area (Å²) in [4.78, 5) is 27.5. The van der Waals surface area contributed by atoms with E-state index in [4.69, 9.17) is 0 Å². The van der Waals surface area contributed by atoms with Crippen LogP contribution in [-0.4, -0.2) is 43.0 Å². The Balaban J connectivity index is 2.59. The van der Waals surface area contributed by atoms with Crippen LogP contribution in [0.25, 0.3) is 0 Å². The number of aromatic amines is 1. The minimum Gasteiger partial charge on any atom is -0.351 e. The number of amides is 1. The molecule has 0 saturated heterocycles. The van der Waals surface area contributed by atoms with Crippen LogP contribution in [0.5, 0.6) is 0 Å². The smallest absolute Gasteiger partial charge is 0.251 e. The fraction of sp³-hybridized carbons (Fsp3) is 0.538. The Kier molecular flexibility index (Phi) is 4.67. The highest BCUT2D eigenvalue weighted by Gasteiger charge is 2.20. The maximum absolute atomic E-state index is 11.9. The number of carbonyl (C=O) groups excluding carboxylic acids is 1. The third-order valence-electron chi connectivity index (χ3n) is 2.51. The van der Waals surface area contributed by atoms with Gasteiger partial charge in [0, 0.05) is 30.9 Å². The van der Waals surface area contributed by atoms with Crippen LogP contribution in [0.3, 0.4) is 0 Å². The number of pyridine rings is 1. The lowest BCUT2D eigenvalue weighted by molar-refractivity contribution is 0.0929. The van der Waals surface area contributed by atoms with E-state index in [0.29, 0.717) is 12.1 Å². The minimum atomic E-state index is -0.268. The van der Waals surface area contributed by atoms with Gasteiger partial charge in [0.05, 0.1) is 0 Å². The van der Waals surface area contributed by atoms with Crippen LogP contribution in [0, 0.1) is 5.41 Å². The van der Waals surface area contributed by atoms with E-state index in [1.54, 1.807) is 6.07 Å². The summed E-state index contributed by atoms with van der Waals surface area (Å²) < 4.78 is 0. The molecular formula is C13H21N3O2. The zero-order chi connectivity index (χ0) is 13.8. The molecule has 0 unspecified atom stereocenters. The highest BCUT2D eigenvalue weighted by atomic mass is 16.2. The Labute approximate surface area is 107 Å². The molecule has 1 aromatic heterocycles. The van der Waals surface area contributed by atoms with Crippen molar-refractivity contribution in [3.05, 3.63) is 34.2 Å². The van der Waals surface area contributed by atoms with Gasteiger partial charge in [0.1, 0.15) is 0 Å². The average molecular weight is 251 g/mol. The molecule has 0 spiro atoms. The Morgan fingerprint density at radius 3 is 2.67 bits per heavy atom. The molecule has 1 rings (SSSR count). The van der Waals surface area contributed by atoms with Crippen LogP contribution in [0.2, 0.25) is 0 Å². The van der Waals surface area contributed by atoms with Crippen molar-refractivity contribution in [1.82, 2.24) is 15.2 Å². The standard InChI is InChI=1S/C13H21N3O2/c1-13(2,9-16(3)4)8-15-12(18)10-5-6-14-11(17)7-10/h5-7H,8-9H2,1-4H3,(H,14,17)(H,15,18). The van der Waals surface area contributed by atoms with E-state index in [2.05, 4.69) is 29.0 Å². The van der Waals surface area contributed by atoms with E-state index >= 15 is 0 Å². The molecule has 0 fully saturated rings. The van der Waals surface area contributed by atoms with Gasteiger partial charge in [0.2, 0.25) is 5.56 Å². The molecule has 0 atom stereocenters. The number of rotatable bonds is 5. The van der Waals surface area contributed by atoms with Crippen molar-refractivity contribution >= 4 is 5.91 Å². The zero-order valence-electron chi connectivity index (χ0n) is 11.4. The molecule has 0 aliphatic heterocycles. The normalized spacial score (nSPS) is 11.6. The second kappa shape index (κ2) is 5.82. The second-order valence-corrected chi connectivity index (χ2v) is 5.53. The molecule has 5 heteroatoms. The number of nitrogens with zero attached hydrogens (tertiary/aromatic N) is 1. The highest BCUT2D eigenvalue weighted by molar-refractivity contribution is 5.93. The first kappa shape index (κ1) is 14.4. The molecule has 0 aromatic carbocycles. The van der Waals surface area contributed by atoms with Gasteiger partial charge in [0.15, 0.2) is 0 Å². The lowest BCUT2D eigenvalue weighted by Gasteiger charge is -2.28. The number of hydrogen-bond acceptors (Lipinski definition) is 3. The van der Waals surface area contributed by atoms with Crippen molar-refractivity contribution < 1.29 is 4.79 Å². The van der Waals surface area contributed by atoms with Gasteiger partial charge in [-0.05, 0) is 25.6 Å². The summed E-state index contributed by atoms with van der Waals surface area (Å²) in [5, 5.41) is 2.85. The maximum Gasteiger partial charge on any atom is 0.251 e. The summed E-state index contributed by atoms with van der Waals surface area (Å²) in [6, 6.07) is 2.89. The molecule has 1 heterocycles. The molecule has 1 aromatic rings. The summed E-state index contributed by atoms with van der Waals surface area (Å²) in [6.45, 7) is 5.62. The molecule has 0 saturated carbocycles. The van der Waals surface area contributed by atoms with Crippen molar-refractivity contribution in [1.29, 1.82) is 0 Å². The summed E-state index contributed by atoms with van der Waals surface area (Å²) in [5.74, 6) is -0.215. The largest absolute Gasteiger partial charge is 0.351 e. The quantitative estimate of drug-likeness (QED) is 0.809. The molecule has 0 radical (unpaired) electrons. The molecular weight excluding hydrogens is 230 g/mol. The summed E-state index contributed by atoms with van der Waals surface area (Å²) in [7, 11) is 4.00. The lowest BCUT2D eigenvalue weighted by Crippen LogP contribution is -2.40. The fourth-order valence-corrected chi connectivity index (χ4v) is 1.92. The first-order chi connectivity index (χ1) is 8.30. The van der Waals surface area contributed by atoms with Gasteiger partial charge in [-0.15, -0.1) is 0 Å². The van der Waals surface area contributed by atoms with Gasteiger partial charge in [-0.2, -0.15) is 0 Å². The van der Waals surface area contributed by atoms with Crippen LogP contribution in [0.1, 0.15) is 24.2 Å². The number of H-pyrrole nitrogens is 1. The average Bonchev–Trinajstić information content (AvgIpc) is 2.24. The Morgan fingerprint density at radius 2 is 2.11 bits per heavy atom. The lowest BCUT2D eigenvalue weighted by atomic mass is 9.93. The second-order valence-electron chi connectivity index (χ2n) is 5.53. The predicted octanol–water partition coefficient (Wildman–Crippen LogP) is 0.692. The number of hydrogen-bond donors (Lipinski definition) is 2. The van der Waals surface area contributed by atoms with Crippen LogP contribution in [-0.2, 0) is 0 Å². The molecule has 18 heavy (non-hydrogen) atoms. The van der Waals surface area contributed by atoms with Crippen molar-refractivity contribution in [3.63, 3.8) is 0 Å². The van der Waals surface area contributed by atoms with Gasteiger partial charge in [0.25, 0.3) is 5.91 Å². The molecule has 0 aliphatic carbocycles. The van der Waals surface area contributed by atoms with Crippen LogP contribution < -0.4 is 10.9 Å². The highest BCUT2D eigenvalue weighted by Crippen LogP contribution is 2.14. The first-order valence-corrected chi connectivity index (χ1v) is 5.92. The molecule has 1 amide bonds. The van der Waals surface area contributed by atoms with Gasteiger partial charge in [-0.1, -0.05) is 13.8 Å². The number of aromatic nitrogens is 1. The van der Waals surface area contributed by atoms with Crippen LogP contribution in [0.4, 0.5) is 0 Å². The summed E-state index contributed by atoms with van der Waals surface area (Å²) >= 11 is 0. The van der Waals surface area contributed by atoms with E-state index in [1.165, 1.54) is 12.3 Å². The van der Waals surface area contributed by atoms with Crippen LogP contribution in [0.15, 0.2) is 23.1 Å². The Hall–Kier alpha value is -1.62. The monoisotopic (exact) mass is 251 g/mol. The third-order valence-corrected chi connectivity index (χ3v) is 2.51. The van der Waals surface area contributed by atoms with Gasteiger partial charge >= 0.3 is 0 Å². The molecule has 100 valence electrons. The van der Waals surface area contributed by atoms with Crippen LogP contribution >= 0.6 is 0 Å². The van der Waals surface area contributed by atoms with Crippen molar-refractivity contribution in [2.45, 2.75) is 13.8 Å². The van der Waals surface area contributed by atoms with E-state index in [9.17, 15) is 9.59 Å². The van der Waals surface area contributed by atoms with E-state index in [0.717, 1.165) is 6.54 Å². The predicted molar refractivity (Wildman–Crippen MR) is 71.7 cm³/mol. The van der Waals surface area contributed by atoms with E-state index < -0.39 is 0 Å². The van der Waals surface area contributed by atoms with Gasteiger partial charge in [-0.25, -0.2) is 0 Å². The number of carbonyl (C=O) groups is 1. The SMILES string of the molecule is CN(C)CC(C)(C)CNC(=O)c1cc[nH]c(=O)c1. The molecule has 5 nitrogen and oxygen atoms in total. The van der Waals surface area contributed by atoms with E-state index in [-0.39, 0.29) is 16.9 Å². The molecule has 2 N–H and O–H groups in total. The number of nitrogens with one attached hydrogen (secondary N) is 2. The molecule has 0 bridgehead atoms. The Morgan fingerprint density at radius 1 is 1.44 bits per heavy atom. The van der Waals surface area contributed by atoms with Crippen molar-refractivity contribution in [2.75, 3.05) is 27.2 Å². The first-order valence-electron chi connectivity index (χ1n) is 5.92. The zero-order valence-corrected chi connectivity index (χ0v) is 11.4. The fourth-order valence-electron chi connectivity index (χ4n) is 1.92. The van der Waals surface area contributed by atoms with Gasteiger partial charge < -0.3 is 15.2 Å². The minimum absolute atomic E-state index is 0.0135. The summed E-state index contributed by atoms with van der Waals surface area (Å²) in [6.07, 6.45) is 1.47. The topological polar surface area (TPSA) is 65.2 Å². The van der Waals surface area contributed by atoms with Crippen molar-refractivity contribution in [3.8, 4) is 0 Å². The third kappa shape index (κ3) is 4.71. The Bertz CT molecular complexity index is 463. The summed E-state index contributed by atoms with van der Waals surface area (Å²) in [5.41, 5.74) is 0.106.